The van der Waals surface area contributed by atoms with E-state index in [4.69, 9.17) is 11.6 Å². The average molecular weight is 353 g/mol. The number of carbonyl (C=O) groups excluding carboxylic acids is 1. The maximum absolute atomic E-state index is 12.2. The van der Waals surface area contributed by atoms with Crippen molar-refractivity contribution in [1.29, 1.82) is 0 Å². The van der Waals surface area contributed by atoms with Gasteiger partial charge in [-0.15, -0.1) is 0 Å². The Labute approximate surface area is 140 Å². The van der Waals surface area contributed by atoms with Gasteiger partial charge in [-0.1, -0.05) is 48.0 Å². The fourth-order valence-corrected chi connectivity index (χ4v) is 3.42. The van der Waals surface area contributed by atoms with Crippen LogP contribution in [-0.2, 0) is 21.4 Å². The van der Waals surface area contributed by atoms with Crippen molar-refractivity contribution < 1.29 is 13.2 Å². The van der Waals surface area contributed by atoms with Crippen molar-refractivity contribution in [2.45, 2.75) is 18.4 Å². The zero-order valence-corrected chi connectivity index (χ0v) is 14.1. The number of aryl methyl sites for hydroxylation is 1. The van der Waals surface area contributed by atoms with E-state index in [1.54, 1.807) is 43.3 Å². The van der Waals surface area contributed by atoms with Gasteiger partial charge in [0, 0.05) is 11.6 Å². The van der Waals surface area contributed by atoms with E-state index < -0.39 is 15.9 Å². The van der Waals surface area contributed by atoms with Crippen molar-refractivity contribution in [3.8, 4) is 0 Å². The number of halogens is 1. The highest BCUT2D eigenvalue weighted by atomic mass is 35.5. The van der Waals surface area contributed by atoms with Gasteiger partial charge in [-0.25, -0.2) is 13.1 Å². The third-order valence-corrected chi connectivity index (χ3v) is 5.17. The van der Waals surface area contributed by atoms with Gasteiger partial charge in [-0.2, -0.15) is 0 Å². The minimum atomic E-state index is -3.71. The molecule has 23 heavy (non-hydrogen) atoms. The van der Waals surface area contributed by atoms with E-state index in [1.165, 1.54) is 6.07 Å². The fourth-order valence-electron chi connectivity index (χ4n) is 1.99. The predicted octanol–water partition coefficient (Wildman–Crippen LogP) is 2.24. The highest BCUT2D eigenvalue weighted by Crippen LogP contribution is 2.14. The van der Waals surface area contributed by atoms with Crippen molar-refractivity contribution in [2.24, 2.45) is 0 Å². The summed E-state index contributed by atoms with van der Waals surface area (Å²) in [6.07, 6.45) is 0. The number of hydrogen-bond donors (Lipinski definition) is 2. The van der Waals surface area contributed by atoms with Crippen molar-refractivity contribution in [1.82, 2.24) is 10.0 Å². The molecule has 0 atom stereocenters. The smallest absolute Gasteiger partial charge is 0.241 e. The van der Waals surface area contributed by atoms with Gasteiger partial charge in [0.2, 0.25) is 15.9 Å². The van der Waals surface area contributed by atoms with E-state index in [1.807, 2.05) is 6.07 Å². The van der Waals surface area contributed by atoms with Crippen LogP contribution in [0.15, 0.2) is 53.4 Å². The summed E-state index contributed by atoms with van der Waals surface area (Å²) in [7, 11) is -3.71. The highest BCUT2D eigenvalue weighted by Gasteiger charge is 2.17. The molecule has 0 radical (unpaired) electrons. The molecule has 1 amide bonds. The summed E-state index contributed by atoms with van der Waals surface area (Å²) >= 11 is 5.99. The van der Waals surface area contributed by atoms with Gasteiger partial charge in [0.1, 0.15) is 0 Å². The largest absolute Gasteiger partial charge is 0.351 e. The Balaban J connectivity index is 1.92. The number of nitrogens with one attached hydrogen (secondary N) is 2. The maximum Gasteiger partial charge on any atom is 0.241 e. The van der Waals surface area contributed by atoms with Gasteiger partial charge in [0.15, 0.2) is 0 Å². The van der Waals surface area contributed by atoms with Crippen LogP contribution >= 0.6 is 11.6 Å². The summed E-state index contributed by atoms with van der Waals surface area (Å²) in [4.78, 5) is 12.0. The quantitative estimate of drug-likeness (QED) is 0.837. The van der Waals surface area contributed by atoms with Gasteiger partial charge in [0.25, 0.3) is 0 Å². The normalized spacial score (nSPS) is 11.2. The lowest BCUT2D eigenvalue weighted by Crippen LogP contribution is -2.36. The summed E-state index contributed by atoms with van der Waals surface area (Å²) in [5, 5.41) is 3.18. The third-order valence-electron chi connectivity index (χ3n) is 3.24. The first-order valence-corrected chi connectivity index (χ1v) is 8.81. The Morgan fingerprint density at radius 3 is 2.43 bits per heavy atom. The summed E-state index contributed by atoms with van der Waals surface area (Å²) in [6.45, 7) is 1.61. The Morgan fingerprint density at radius 2 is 1.74 bits per heavy atom. The Bertz CT molecular complexity index is 806. The molecule has 2 aromatic carbocycles. The molecule has 5 nitrogen and oxygen atoms in total. The van der Waals surface area contributed by atoms with Gasteiger partial charge in [0.05, 0.1) is 11.4 Å². The first kappa shape index (κ1) is 17.5. The van der Waals surface area contributed by atoms with E-state index in [2.05, 4.69) is 10.0 Å². The Kier molecular flexibility index (Phi) is 5.76. The van der Waals surface area contributed by atoms with E-state index in [9.17, 15) is 13.2 Å². The molecule has 0 saturated carbocycles. The molecular weight excluding hydrogens is 336 g/mol. The number of sulfonamides is 1. The topological polar surface area (TPSA) is 75.3 Å². The number of rotatable bonds is 6. The molecule has 0 saturated heterocycles. The van der Waals surface area contributed by atoms with Crippen LogP contribution in [0.4, 0.5) is 0 Å². The van der Waals surface area contributed by atoms with Gasteiger partial charge in [-0.3, -0.25) is 4.79 Å². The lowest BCUT2D eigenvalue weighted by molar-refractivity contribution is -0.120. The molecule has 0 unspecified atom stereocenters. The zero-order valence-electron chi connectivity index (χ0n) is 12.5. The van der Waals surface area contributed by atoms with Crippen LogP contribution in [0, 0.1) is 6.92 Å². The molecule has 0 aliphatic carbocycles. The second-order valence-corrected chi connectivity index (χ2v) is 7.10. The molecule has 0 aromatic heterocycles. The molecule has 0 aliphatic rings. The molecule has 122 valence electrons. The van der Waals surface area contributed by atoms with Crippen LogP contribution in [0.1, 0.15) is 11.1 Å². The standard InChI is InChI=1S/C16H17ClN2O3S/c1-12-6-2-5-9-15(12)23(21,22)19-11-16(20)18-10-13-7-3-4-8-14(13)17/h2-9,19H,10-11H2,1H3,(H,18,20). The lowest BCUT2D eigenvalue weighted by atomic mass is 10.2. The van der Waals surface area contributed by atoms with Crippen molar-refractivity contribution in [2.75, 3.05) is 6.54 Å². The number of amides is 1. The number of carbonyl (C=O) groups is 1. The third kappa shape index (κ3) is 4.79. The molecule has 2 N–H and O–H groups in total. The summed E-state index contributed by atoms with van der Waals surface area (Å²) in [5.74, 6) is -0.429. The van der Waals surface area contributed by atoms with Gasteiger partial charge < -0.3 is 5.32 Å². The Morgan fingerprint density at radius 1 is 1.09 bits per heavy atom. The number of hydrogen-bond acceptors (Lipinski definition) is 3. The first-order chi connectivity index (χ1) is 10.9. The summed E-state index contributed by atoms with van der Waals surface area (Å²) in [5.41, 5.74) is 1.39. The van der Waals surface area contributed by atoms with Crippen LogP contribution < -0.4 is 10.0 Å². The van der Waals surface area contributed by atoms with Gasteiger partial charge in [-0.05, 0) is 30.2 Å². The lowest BCUT2D eigenvalue weighted by Gasteiger charge is -2.10. The van der Waals surface area contributed by atoms with Crippen LogP contribution in [-0.4, -0.2) is 20.9 Å². The second kappa shape index (κ2) is 7.59. The average Bonchev–Trinajstić information content (AvgIpc) is 2.52. The minimum Gasteiger partial charge on any atom is -0.351 e. The van der Waals surface area contributed by atoms with Crippen LogP contribution in [0.25, 0.3) is 0 Å². The summed E-state index contributed by atoms with van der Waals surface area (Å²) < 4.78 is 26.6. The van der Waals surface area contributed by atoms with E-state index >= 15 is 0 Å². The van der Waals surface area contributed by atoms with E-state index in [0.29, 0.717) is 10.6 Å². The van der Waals surface area contributed by atoms with Crippen LogP contribution in [0.2, 0.25) is 5.02 Å². The molecule has 7 heteroatoms. The minimum absolute atomic E-state index is 0.166. The highest BCUT2D eigenvalue weighted by molar-refractivity contribution is 7.89. The first-order valence-electron chi connectivity index (χ1n) is 6.95. The van der Waals surface area contributed by atoms with Crippen molar-refractivity contribution in [3.05, 3.63) is 64.7 Å². The molecule has 0 aliphatic heterocycles. The molecule has 0 fully saturated rings. The summed E-state index contributed by atoms with van der Waals surface area (Å²) in [6, 6.07) is 13.7. The van der Waals surface area contributed by atoms with Crippen LogP contribution in [0.5, 0.6) is 0 Å². The maximum atomic E-state index is 12.2. The van der Waals surface area contributed by atoms with Gasteiger partial charge >= 0.3 is 0 Å². The van der Waals surface area contributed by atoms with Crippen LogP contribution in [0.3, 0.4) is 0 Å². The predicted molar refractivity (Wildman–Crippen MR) is 89.7 cm³/mol. The van der Waals surface area contributed by atoms with E-state index in [-0.39, 0.29) is 18.0 Å². The molecule has 2 rings (SSSR count). The monoisotopic (exact) mass is 352 g/mol. The molecule has 0 bridgehead atoms. The van der Waals surface area contributed by atoms with E-state index in [0.717, 1.165) is 5.56 Å². The SMILES string of the molecule is Cc1ccccc1S(=O)(=O)NCC(=O)NCc1ccccc1Cl. The fraction of sp³-hybridized carbons (Fsp3) is 0.188. The second-order valence-electron chi connectivity index (χ2n) is 4.96. The molecule has 0 heterocycles. The van der Waals surface area contributed by atoms with Crippen molar-refractivity contribution in [3.63, 3.8) is 0 Å². The molecule has 2 aromatic rings. The van der Waals surface area contributed by atoms with Crippen molar-refractivity contribution >= 4 is 27.5 Å². The molecular formula is C16H17ClN2O3S. The zero-order chi connectivity index (χ0) is 16.9. The number of benzene rings is 2. The molecule has 0 spiro atoms. The Hall–Kier alpha value is -1.89.